The Hall–Kier alpha value is -2.03. The summed E-state index contributed by atoms with van der Waals surface area (Å²) >= 11 is 1.29. The fourth-order valence-corrected chi connectivity index (χ4v) is 4.01. The second kappa shape index (κ2) is 8.57. The zero-order chi connectivity index (χ0) is 18.5. The van der Waals surface area contributed by atoms with Gasteiger partial charge < -0.3 is 11.2 Å². The molecule has 0 bridgehead atoms. The fourth-order valence-electron chi connectivity index (χ4n) is 3.34. The molecule has 0 unspecified atom stereocenters. The number of rotatable bonds is 5. The molecule has 26 heavy (non-hydrogen) atoms. The van der Waals surface area contributed by atoms with E-state index in [1.165, 1.54) is 48.5 Å². The van der Waals surface area contributed by atoms with E-state index >= 15 is 0 Å². The van der Waals surface area contributed by atoms with Crippen LogP contribution < -0.4 is 11.2 Å². The summed E-state index contributed by atoms with van der Waals surface area (Å²) < 4.78 is 3.04. The highest BCUT2D eigenvalue weighted by molar-refractivity contribution is 7.99. The molecule has 0 aromatic carbocycles. The largest absolute Gasteiger partial charge is 0.353 e. The van der Waals surface area contributed by atoms with Crippen LogP contribution in [0.5, 0.6) is 0 Å². The Bertz CT molecular complexity index is 746. The van der Waals surface area contributed by atoms with Crippen molar-refractivity contribution in [2.24, 2.45) is 0 Å². The van der Waals surface area contributed by atoms with Gasteiger partial charge in [-0.3, -0.25) is 4.79 Å². The molecule has 0 spiro atoms. The highest BCUT2D eigenvalue weighted by Crippen LogP contribution is 2.19. The zero-order valence-corrected chi connectivity index (χ0v) is 16.3. The van der Waals surface area contributed by atoms with Crippen molar-refractivity contribution in [2.75, 3.05) is 11.6 Å². The van der Waals surface area contributed by atoms with Crippen molar-refractivity contribution in [3.63, 3.8) is 0 Å². The number of nitrogen functional groups attached to an aromatic ring is 1. The van der Waals surface area contributed by atoms with E-state index < -0.39 is 0 Å². The van der Waals surface area contributed by atoms with Gasteiger partial charge in [0, 0.05) is 11.7 Å². The molecule has 2 heterocycles. The molecule has 1 amide bonds. The zero-order valence-electron chi connectivity index (χ0n) is 15.4. The SMILES string of the molecule is Cc1cc(C)n(-c2nnc(SCC(=O)NC3CCCCCCC3)n2N)n1. The van der Waals surface area contributed by atoms with Gasteiger partial charge in [-0.1, -0.05) is 43.9 Å². The molecule has 1 aliphatic rings. The first kappa shape index (κ1) is 18.8. The molecule has 9 heteroatoms. The van der Waals surface area contributed by atoms with Crippen LogP contribution in [0.25, 0.3) is 5.95 Å². The van der Waals surface area contributed by atoms with Crippen LogP contribution in [0, 0.1) is 13.8 Å². The van der Waals surface area contributed by atoms with E-state index in [1.807, 2.05) is 19.9 Å². The quantitative estimate of drug-likeness (QED) is 0.611. The van der Waals surface area contributed by atoms with Crippen LogP contribution in [0.15, 0.2) is 11.2 Å². The van der Waals surface area contributed by atoms with Gasteiger partial charge in [-0.25, -0.2) is 9.36 Å². The number of amides is 1. The van der Waals surface area contributed by atoms with Gasteiger partial charge in [-0.2, -0.15) is 5.10 Å². The predicted octanol–water partition coefficient (Wildman–Crippen LogP) is 2.12. The standard InChI is InChI=1S/C17H27N7OS/c1-12-10-13(2)24(22-12)16-20-21-17(23(16)18)26-11-15(25)19-14-8-6-4-3-5-7-9-14/h10,14H,3-9,11,18H2,1-2H3,(H,19,25). The normalized spacial score (nSPS) is 16.2. The van der Waals surface area contributed by atoms with Crippen molar-refractivity contribution < 1.29 is 4.79 Å². The van der Waals surface area contributed by atoms with Crippen LogP contribution in [0.3, 0.4) is 0 Å². The Balaban J connectivity index is 1.56. The number of hydrogen-bond donors (Lipinski definition) is 2. The summed E-state index contributed by atoms with van der Waals surface area (Å²) in [5.74, 6) is 6.85. The van der Waals surface area contributed by atoms with E-state index in [-0.39, 0.29) is 11.7 Å². The van der Waals surface area contributed by atoms with Crippen molar-refractivity contribution in [3.8, 4) is 5.95 Å². The summed E-state index contributed by atoms with van der Waals surface area (Å²) in [6.45, 7) is 3.85. The molecule has 1 aliphatic carbocycles. The third-order valence-corrected chi connectivity index (χ3v) is 5.59. The molecule has 2 aromatic rings. The van der Waals surface area contributed by atoms with Crippen LogP contribution in [-0.2, 0) is 4.79 Å². The summed E-state index contributed by atoms with van der Waals surface area (Å²) in [7, 11) is 0. The van der Waals surface area contributed by atoms with Gasteiger partial charge in [0.2, 0.25) is 11.1 Å². The predicted molar refractivity (Wildman–Crippen MR) is 102 cm³/mol. The van der Waals surface area contributed by atoms with Crippen molar-refractivity contribution in [1.82, 2.24) is 30.0 Å². The van der Waals surface area contributed by atoms with Crippen molar-refractivity contribution in [2.45, 2.75) is 70.0 Å². The minimum Gasteiger partial charge on any atom is -0.353 e. The number of nitrogens with zero attached hydrogens (tertiary/aromatic N) is 5. The minimum atomic E-state index is 0.0243. The van der Waals surface area contributed by atoms with Crippen LogP contribution in [0.4, 0.5) is 0 Å². The first-order chi connectivity index (χ1) is 12.5. The lowest BCUT2D eigenvalue weighted by Crippen LogP contribution is -2.36. The highest BCUT2D eigenvalue weighted by Gasteiger charge is 2.18. The molecule has 8 nitrogen and oxygen atoms in total. The maximum absolute atomic E-state index is 12.3. The topological polar surface area (TPSA) is 104 Å². The molecular weight excluding hydrogens is 350 g/mol. The number of aryl methyl sites for hydroxylation is 2. The summed E-state index contributed by atoms with van der Waals surface area (Å²) in [5, 5.41) is 16.2. The summed E-state index contributed by atoms with van der Waals surface area (Å²) in [4.78, 5) is 12.3. The Morgan fingerprint density at radius 3 is 2.58 bits per heavy atom. The second-order valence-corrected chi connectivity index (χ2v) is 7.83. The fraction of sp³-hybridized carbons (Fsp3) is 0.647. The van der Waals surface area contributed by atoms with E-state index in [2.05, 4.69) is 20.6 Å². The minimum absolute atomic E-state index is 0.0243. The van der Waals surface area contributed by atoms with Crippen LogP contribution in [0.1, 0.15) is 56.3 Å². The van der Waals surface area contributed by atoms with Gasteiger partial charge in [0.25, 0.3) is 5.95 Å². The van der Waals surface area contributed by atoms with Gasteiger partial charge in [0.15, 0.2) is 0 Å². The molecule has 0 atom stereocenters. The average Bonchev–Trinajstić information content (AvgIpc) is 3.09. The Morgan fingerprint density at radius 1 is 1.23 bits per heavy atom. The first-order valence-corrected chi connectivity index (χ1v) is 10.2. The molecule has 0 saturated heterocycles. The second-order valence-electron chi connectivity index (χ2n) is 6.89. The lowest BCUT2D eigenvalue weighted by Gasteiger charge is -2.20. The van der Waals surface area contributed by atoms with Gasteiger partial charge in [-0.15, -0.1) is 10.2 Å². The molecule has 2 aromatic heterocycles. The maximum atomic E-state index is 12.3. The lowest BCUT2D eigenvalue weighted by molar-refractivity contribution is -0.119. The van der Waals surface area contributed by atoms with Crippen LogP contribution in [0.2, 0.25) is 0 Å². The van der Waals surface area contributed by atoms with E-state index in [1.54, 1.807) is 4.68 Å². The average molecular weight is 378 g/mol. The van der Waals surface area contributed by atoms with E-state index in [9.17, 15) is 4.79 Å². The smallest absolute Gasteiger partial charge is 0.271 e. The number of aromatic nitrogens is 5. The number of thioether (sulfide) groups is 1. The molecule has 142 valence electrons. The summed E-state index contributed by atoms with van der Waals surface area (Å²) in [5.41, 5.74) is 1.82. The van der Waals surface area contributed by atoms with Gasteiger partial charge in [0.05, 0.1) is 11.4 Å². The van der Waals surface area contributed by atoms with Crippen molar-refractivity contribution in [1.29, 1.82) is 0 Å². The molecule has 0 aliphatic heterocycles. The molecular formula is C17H27N7OS. The number of carbonyl (C=O) groups excluding carboxylic acids is 1. The molecule has 1 saturated carbocycles. The maximum Gasteiger partial charge on any atom is 0.271 e. The van der Waals surface area contributed by atoms with E-state index in [0.717, 1.165) is 24.2 Å². The number of hydrogen-bond acceptors (Lipinski definition) is 6. The Morgan fingerprint density at radius 2 is 1.92 bits per heavy atom. The van der Waals surface area contributed by atoms with E-state index in [0.29, 0.717) is 17.1 Å². The van der Waals surface area contributed by atoms with Crippen LogP contribution in [-0.4, -0.2) is 42.4 Å². The summed E-state index contributed by atoms with van der Waals surface area (Å²) in [6, 6.07) is 2.24. The first-order valence-electron chi connectivity index (χ1n) is 9.21. The van der Waals surface area contributed by atoms with Crippen molar-refractivity contribution in [3.05, 3.63) is 17.5 Å². The highest BCUT2D eigenvalue weighted by atomic mass is 32.2. The van der Waals surface area contributed by atoms with Crippen molar-refractivity contribution >= 4 is 17.7 Å². The number of nitrogens with two attached hydrogens (primary N) is 1. The molecule has 3 N–H and O–H groups in total. The van der Waals surface area contributed by atoms with Gasteiger partial charge in [-0.05, 0) is 32.8 Å². The lowest BCUT2D eigenvalue weighted by atomic mass is 9.97. The van der Waals surface area contributed by atoms with E-state index in [4.69, 9.17) is 5.84 Å². The van der Waals surface area contributed by atoms with Gasteiger partial charge in [0.1, 0.15) is 0 Å². The molecule has 3 rings (SSSR count). The summed E-state index contributed by atoms with van der Waals surface area (Å²) in [6.07, 6.45) is 8.40. The Kier molecular flexibility index (Phi) is 6.18. The third-order valence-electron chi connectivity index (χ3n) is 4.65. The molecule has 0 radical (unpaired) electrons. The number of carbonyl (C=O) groups is 1. The van der Waals surface area contributed by atoms with Crippen LogP contribution >= 0.6 is 11.8 Å². The number of nitrogens with one attached hydrogen (secondary N) is 1. The third kappa shape index (κ3) is 4.57. The Labute approximate surface area is 157 Å². The molecule has 1 fully saturated rings. The monoisotopic (exact) mass is 377 g/mol. The van der Waals surface area contributed by atoms with Gasteiger partial charge >= 0.3 is 0 Å².